The number of benzene rings is 1. The van der Waals surface area contributed by atoms with Gasteiger partial charge in [-0.3, -0.25) is 9.97 Å². The highest BCUT2D eigenvalue weighted by atomic mass is 35.5. The summed E-state index contributed by atoms with van der Waals surface area (Å²) in [5.41, 5.74) is 2.51. The van der Waals surface area contributed by atoms with E-state index in [0.717, 1.165) is 11.0 Å². The minimum atomic E-state index is -0.546. The van der Waals surface area contributed by atoms with Crippen LogP contribution in [0.4, 0.5) is 0 Å². The van der Waals surface area contributed by atoms with Crippen molar-refractivity contribution < 1.29 is 9.53 Å². The topological polar surface area (TPSA) is 82.8 Å². The fourth-order valence-corrected chi connectivity index (χ4v) is 3.64. The largest absolute Gasteiger partial charge is 0.450 e. The molecule has 0 N–H and O–H groups in total. The molecule has 0 aliphatic rings. The Morgan fingerprint density at radius 3 is 2.93 bits per heavy atom. The van der Waals surface area contributed by atoms with Crippen molar-refractivity contribution in [3.05, 3.63) is 58.7 Å². The van der Waals surface area contributed by atoms with Gasteiger partial charge in [0, 0.05) is 29.8 Å². The van der Waals surface area contributed by atoms with Gasteiger partial charge in [0.1, 0.15) is 10.7 Å². The first-order valence-corrected chi connectivity index (χ1v) is 9.33. The van der Waals surface area contributed by atoms with Gasteiger partial charge in [-0.25, -0.2) is 14.8 Å². The lowest BCUT2D eigenvalue weighted by Crippen LogP contribution is -2.13. The first-order chi connectivity index (χ1) is 13.0. The van der Waals surface area contributed by atoms with E-state index < -0.39 is 12.1 Å². The molecule has 27 heavy (non-hydrogen) atoms. The first kappa shape index (κ1) is 17.6. The quantitative estimate of drug-likeness (QED) is 0.481. The van der Waals surface area contributed by atoms with Gasteiger partial charge < -0.3 is 9.30 Å². The monoisotopic (exact) mass is 399 g/mol. The van der Waals surface area contributed by atoms with Gasteiger partial charge in [-0.15, -0.1) is 11.3 Å². The van der Waals surface area contributed by atoms with Gasteiger partial charge in [0.05, 0.1) is 17.2 Å². The molecule has 4 aromatic rings. The molecule has 136 valence electrons. The van der Waals surface area contributed by atoms with Gasteiger partial charge >= 0.3 is 5.97 Å². The number of hydrogen-bond acceptors (Lipinski definition) is 7. The van der Waals surface area contributed by atoms with Crippen LogP contribution in [0.25, 0.3) is 21.7 Å². The van der Waals surface area contributed by atoms with E-state index in [0.29, 0.717) is 21.5 Å². The molecule has 0 radical (unpaired) electrons. The maximum absolute atomic E-state index is 12.5. The fourth-order valence-electron chi connectivity index (χ4n) is 2.72. The molecule has 4 rings (SSSR count). The third-order valence-corrected chi connectivity index (χ3v) is 5.12. The van der Waals surface area contributed by atoms with Crippen molar-refractivity contribution in [2.24, 2.45) is 7.05 Å². The zero-order valence-electron chi connectivity index (χ0n) is 14.5. The number of aromatic nitrogens is 5. The van der Waals surface area contributed by atoms with E-state index >= 15 is 0 Å². The van der Waals surface area contributed by atoms with Crippen molar-refractivity contribution in [1.82, 2.24) is 24.5 Å². The Morgan fingerprint density at radius 2 is 2.15 bits per heavy atom. The number of hydrogen-bond donors (Lipinski definition) is 0. The molecule has 1 atom stereocenters. The zero-order chi connectivity index (χ0) is 19.0. The Bertz CT molecular complexity index is 1130. The van der Waals surface area contributed by atoms with Gasteiger partial charge in [0.2, 0.25) is 0 Å². The van der Waals surface area contributed by atoms with Crippen LogP contribution in [0.1, 0.15) is 29.3 Å². The maximum atomic E-state index is 12.5. The average Bonchev–Trinajstić information content (AvgIpc) is 3.28. The third kappa shape index (κ3) is 3.41. The number of carbonyl (C=O) groups is 1. The molecule has 0 fully saturated rings. The minimum absolute atomic E-state index is 0.231. The summed E-state index contributed by atoms with van der Waals surface area (Å²) in [6.07, 6.45) is 4.21. The predicted molar refractivity (Wildman–Crippen MR) is 103 cm³/mol. The molecule has 7 nitrogen and oxygen atoms in total. The van der Waals surface area contributed by atoms with Crippen LogP contribution >= 0.6 is 22.9 Å². The molecule has 0 spiro atoms. The standard InChI is InChI=1S/C18H14ClN5O2S/c1-10(16-22-12-7-11(19)3-4-15(12)24(16)2)26-18(25)14-9-27-17(23-14)13-8-20-5-6-21-13/h3-10H,1-2H3. The fraction of sp³-hybridized carbons (Fsp3) is 0.167. The number of aryl methyl sites for hydroxylation is 1. The summed E-state index contributed by atoms with van der Waals surface area (Å²) in [5.74, 6) is 0.115. The van der Waals surface area contributed by atoms with Crippen molar-refractivity contribution in [3.8, 4) is 10.7 Å². The molecule has 0 aliphatic heterocycles. The van der Waals surface area contributed by atoms with Gasteiger partial charge in [-0.05, 0) is 25.1 Å². The minimum Gasteiger partial charge on any atom is -0.450 e. The average molecular weight is 400 g/mol. The third-order valence-electron chi connectivity index (χ3n) is 4.02. The normalized spacial score (nSPS) is 12.3. The summed E-state index contributed by atoms with van der Waals surface area (Å²) in [6, 6.07) is 5.47. The van der Waals surface area contributed by atoms with Crippen LogP contribution in [0.15, 0.2) is 42.2 Å². The van der Waals surface area contributed by atoms with Crippen LogP contribution in [-0.4, -0.2) is 30.5 Å². The molecule has 0 saturated carbocycles. The van der Waals surface area contributed by atoms with Crippen LogP contribution in [-0.2, 0) is 11.8 Å². The lowest BCUT2D eigenvalue weighted by atomic mass is 10.3. The Balaban J connectivity index is 1.55. The smallest absolute Gasteiger partial charge is 0.358 e. The zero-order valence-corrected chi connectivity index (χ0v) is 16.0. The number of imidazole rings is 1. The number of rotatable bonds is 4. The van der Waals surface area contributed by atoms with Gasteiger partial charge in [-0.1, -0.05) is 11.6 Å². The number of esters is 1. The van der Waals surface area contributed by atoms with E-state index in [1.165, 1.54) is 11.3 Å². The second-order valence-electron chi connectivity index (χ2n) is 5.84. The highest BCUT2D eigenvalue weighted by Gasteiger charge is 2.21. The van der Waals surface area contributed by atoms with Gasteiger partial charge in [0.15, 0.2) is 17.6 Å². The Labute approximate surface area is 163 Å². The van der Waals surface area contributed by atoms with Gasteiger partial charge in [0.25, 0.3) is 0 Å². The number of carbonyl (C=O) groups excluding carboxylic acids is 1. The molecule has 9 heteroatoms. The molecule has 0 amide bonds. The summed E-state index contributed by atoms with van der Waals surface area (Å²) in [6.45, 7) is 1.77. The lowest BCUT2D eigenvalue weighted by molar-refractivity contribution is 0.0309. The van der Waals surface area contributed by atoms with Crippen molar-refractivity contribution in [2.75, 3.05) is 0 Å². The van der Waals surface area contributed by atoms with Gasteiger partial charge in [-0.2, -0.15) is 0 Å². The molecule has 1 unspecified atom stereocenters. The van der Waals surface area contributed by atoms with Crippen molar-refractivity contribution >= 4 is 39.9 Å². The van der Waals surface area contributed by atoms with Crippen molar-refractivity contribution in [3.63, 3.8) is 0 Å². The van der Waals surface area contributed by atoms with Crippen molar-refractivity contribution in [2.45, 2.75) is 13.0 Å². The summed E-state index contributed by atoms with van der Waals surface area (Å²) < 4.78 is 7.45. The molecule has 3 aromatic heterocycles. The maximum Gasteiger partial charge on any atom is 0.358 e. The lowest BCUT2D eigenvalue weighted by Gasteiger charge is -2.12. The van der Waals surface area contributed by atoms with Crippen LogP contribution < -0.4 is 0 Å². The number of ether oxygens (including phenoxy) is 1. The predicted octanol–water partition coefficient (Wildman–Crippen LogP) is 4.06. The van der Waals surface area contributed by atoms with Crippen LogP contribution in [0, 0.1) is 0 Å². The van der Waals surface area contributed by atoms with E-state index in [2.05, 4.69) is 19.9 Å². The highest BCUT2D eigenvalue weighted by molar-refractivity contribution is 7.13. The molecular formula is C18H14ClN5O2S. The second-order valence-corrected chi connectivity index (χ2v) is 7.13. The Morgan fingerprint density at radius 1 is 1.30 bits per heavy atom. The Hall–Kier alpha value is -2.84. The summed E-state index contributed by atoms with van der Waals surface area (Å²) >= 11 is 7.34. The van der Waals surface area contributed by atoms with Crippen LogP contribution in [0.5, 0.6) is 0 Å². The molecule has 0 aliphatic carbocycles. The molecule has 0 saturated heterocycles. The van der Waals surface area contributed by atoms with E-state index in [-0.39, 0.29) is 5.69 Å². The second kappa shape index (κ2) is 7.05. The van der Waals surface area contributed by atoms with Crippen LogP contribution in [0.2, 0.25) is 5.02 Å². The summed E-state index contributed by atoms with van der Waals surface area (Å²) in [7, 11) is 1.87. The SMILES string of the molecule is CC(OC(=O)c1csc(-c2cnccn2)n1)c1nc2cc(Cl)ccc2n1C. The first-order valence-electron chi connectivity index (χ1n) is 8.07. The number of thiazole rings is 1. The number of nitrogens with zero attached hydrogens (tertiary/aromatic N) is 5. The number of halogens is 1. The van der Waals surface area contributed by atoms with E-state index in [9.17, 15) is 4.79 Å². The Kier molecular flexibility index (Phi) is 4.59. The molecule has 0 bridgehead atoms. The summed E-state index contributed by atoms with van der Waals surface area (Å²) in [5, 5.41) is 2.87. The molecule has 3 heterocycles. The van der Waals surface area contributed by atoms with E-state index in [1.807, 2.05) is 17.7 Å². The van der Waals surface area contributed by atoms with Crippen molar-refractivity contribution in [1.29, 1.82) is 0 Å². The highest BCUT2D eigenvalue weighted by Crippen LogP contribution is 2.26. The van der Waals surface area contributed by atoms with E-state index in [4.69, 9.17) is 16.3 Å². The number of fused-ring (bicyclic) bond motifs is 1. The van der Waals surface area contributed by atoms with Crippen LogP contribution in [0.3, 0.4) is 0 Å². The molecule has 1 aromatic carbocycles. The van der Waals surface area contributed by atoms with E-state index in [1.54, 1.807) is 43.0 Å². The summed E-state index contributed by atoms with van der Waals surface area (Å²) in [4.78, 5) is 29.5. The molecular weight excluding hydrogens is 386 g/mol.